The third kappa shape index (κ3) is 3.61. The molecular weight excluding hydrogens is 249 g/mol. The van der Waals surface area contributed by atoms with E-state index in [0.717, 1.165) is 0 Å². The van der Waals surface area contributed by atoms with Crippen LogP contribution in [0.15, 0.2) is 12.3 Å². The molecule has 0 aliphatic heterocycles. The van der Waals surface area contributed by atoms with Crippen LogP contribution >= 0.6 is 0 Å². The summed E-state index contributed by atoms with van der Waals surface area (Å²) in [6.45, 7) is 4.20. The van der Waals surface area contributed by atoms with Gasteiger partial charge in [0.15, 0.2) is 0 Å². The van der Waals surface area contributed by atoms with Gasteiger partial charge >= 0.3 is 12.1 Å². The van der Waals surface area contributed by atoms with Crippen LogP contribution in [0.25, 0.3) is 0 Å². The highest BCUT2D eigenvalue weighted by molar-refractivity contribution is 5.93. The Morgan fingerprint density at radius 1 is 1.50 bits per heavy atom. The van der Waals surface area contributed by atoms with Crippen molar-refractivity contribution in [3.8, 4) is 0 Å². The molecule has 18 heavy (non-hydrogen) atoms. The minimum absolute atomic E-state index is 0.0517. The van der Waals surface area contributed by atoms with Crippen molar-refractivity contribution in [2.45, 2.75) is 20.0 Å². The number of rotatable bonds is 4. The van der Waals surface area contributed by atoms with E-state index < -0.39 is 23.3 Å². The van der Waals surface area contributed by atoms with Crippen LogP contribution in [0.2, 0.25) is 0 Å². The summed E-state index contributed by atoms with van der Waals surface area (Å²) >= 11 is 0. The molecule has 1 heterocycles. The van der Waals surface area contributed by atoms with Crippen LogP contribution in [-0.4, -0.2) is 22.6 Å². The van der Waals surface area contributed by atoms with E-state index in [9.17, 15) is 18.0 Å². The molecule has 0 aromatic carbocycles. The second kappa shape index (κ2) is 5.24. The predicted molar refractivity (Wildman–Crippen MR) is 59.5 cm³/mol. The topological polar surface area (TPSA) is 62.2 Å². The highest BCUT2D eigenvalue weighted by Crippen LogP contribution is 2.30. The number of carbonyl (C=O) groups is 1. The van der Waals surface area contributed by atoms with Crippen molar-refractivity contribution in [3.05, 3.63) is 23.4 Å². The van der Waals surface area contributed by atoms with Crippen molar-refractivity contribution in [2.24, 2.45) is 5.92 Å². The van der Waals surface area contributed by atoms with E-state index in [1.165, 1.54) is 0 Å². The zero-order valence-corrected chi connectivity index (χ0v) is 9.88. The minimum Gasteiger partial charge on any atom is -0.478 e. The average molecular weight is 262 g/mol. The molecular formula is C11H13F3N2O2. The highest BCUT2D eigenvalue weighted by Gasteiger charge is 2.32. The number of hydrogen-bond donors (Lipinski definition) is 2. The van der Waals surface area contributed by atoms with Crippen LogP contribution in [0.3, 0.4) is 0 Å². The number of aromatic carboxylic acids is 1. The standard InChI is InChI=1S/C11H13F3N2O2/c1-6(2)4-15-9-8(10(17)18)3-7(5-16-9)11(12,13)14/h3,5-6H,4H2,1-2H3,(H,15,16)(H,17,18). The van der Waals surface area contributed by atoms with Gasteiger partial charge < -0.3 is 10.4 Å². The first-order valence-corrected chi connectivity index (χ1v) is 5.26. The molecule has 0 saturated heterocycles. The van der Waals surface area contributed by atoms with Crippen molar-refractivity contribution in [1.82, 2.24) is 4.98 Å². The molecule has 0 bridgehead atoms. The van der Waals surface area contributed by atoms with E-state index in [0.29, 0.717) is 18.8 Å². The molecule has 0 aliphatic carbocycles. The summed E-state index contributed by atoms with van der Waals surface area (Å²) in [6.07, 6.45) is -3.98. The van der Waals surface area contributed by atoms with Crippen LogP contribution < -0.4 is 5.32 Å². The lowest BCUT2D eigenvalue weighted by atomic mass is 10.1. The zero-order chi connectivity index (χ0) is 13.9. The monoisotopic (exact) mass is 262 g/mol. The maximum Gasteiger partial charge on any atom is 0.417 e. The van der Waals surface area contributed by atoms with Gasteiger partial charge in [-0.3, -0.25) is 0 Å². The van der Waals surface area contributed by atoms with Crippen LogP contribution in [0.5, 0.6) is 0 Å². The maximum absolute atomic E-state index is 12.4. The summed E-state index contributed by atoms with van der Waals surface area (Å²) in [7, 11) is 0. The van der Waals surface area contributed by atoms with Crippen molar-refractivity contribution in [3.63, 3.8) is 0 Å². The van der Waals surface area contributed by atoms with Crippen molar-refractivity contribution in [2.75, 3.05) is 11.9 Å². The molecule has 0 saturated carbocycles. The summed E-state index contributed by atoms with van der Waals surface area (Å²) in [4.78, 5) is 14.4. The van der Waals surface area contributed by atoms with Gasteiger partial charge in [-0.1, -0.05) is 13.8 Å². The Morgan fingerprint density at radius 2 is 2.11 bits per heavy atom. The lowest BCUT2D eigenvalue weighted by Crippen LogP contribution is -2.15. The second-order valence-electron chi connectivity index (χ2n) is 4.20. The third-order valence-electron chi connectivity index (χ3n) is 2.12. The van der Waals surface area contributed by atoms with Gasteiger partial charge in [-0.05, 0) is 12.0 Å². The Kier molecular flexibility index (Phi) is 4.15. The summed E-state index contributed by atoms with van der Waals surface area (Å²) in [5.74, 6) is -1.28. The Morgan fingerprint density at radius 3 is 2.56 bits per heavy atom. The number of halogens is 3. The summed E-state index contributed by atoms with van der Waals surface area (Å²) in [5, 5.41) is 11.6. The number of anilines is 1. The van der Waals surface area contributed by atoms with Gasteiger partial charge in [0.1, 0.15) is 11.4 Å². The molecule has 1 aromatic rings. The molecule has 4 nitrogen and oxygen atoms in total. The first kappa shape index (κ1) is 14.3. The largest absolute Gasteiger partial charge is 0.478 e. The lowest BCUT2D eigenvalue weighted by molar-refractivity contribution is -0.137. The molecule has 0 fully saturated rings. The molecule has 0 amide bonds. The number of pyridine rings is 1. The Balaban J connectivity index is 3.09. The molecule has 1 rings (SSSR count). The van der Waals surface area contributed by atoms with E-state index in [4.69, 9.17) is 5.11 Å². The highest BCUT2D eigenvalue weighted by atomic mass is 19.4. The molecule has 7 heteroatoms. The van der Waals surface area contributed by atoms with Gasteiger partial charge in [-0.25, -0.2) is 9.78 Å². The van der Waals surface area contributed by atoms with Crippen molar-refractivity contribution >= 4 is 11.8 Å². The van der Waals surface area contributed by atoms with Crippen molar-refractivity contribution < 1.29 is 23.1 Å². The SMILES string of the molecule is CC(C)CNc1ncc(C(F)(F)F)cc1C(=O)O. The smallest absolute Gasteiger partial charge is 0.417 e. The number of carboxylic acid groups (broad SMARTS) is 1. The molecule has 0 unspecified atom stereocenters. The van der Waals surface area contributed by atoms with Crippen molar-refractivity contribution in [1.29, 1.82) is 0 Å². The molecule has 2 N–H and O–H groups in total. The number of aromatic nitrogens is 1. The summed E-state index contributed by atoms with van der Waals surface area (Å²) in [6, 6.07) is 0.581. The third-order valence-corrected chi connectivity index (χ3v) is 2.12. The summed E-state index contributed by atoms with van der Waals surface area (Å²) in [5.41, 5.74) is -1.56. The maximum atomic E-state index is 12.4. The van der Waals surface area contributed by atoms with Crippen LogP contribution in [0.1, 0.15) is 29.8 Å². The predicted octanol–water partition coefficient (Wildman–Crippen LogP) is 2.87. The first-order valence-electron chi connectivity index (χ1n) is 5.26. The molecule has 0 atom stereocenters. The number of nitrogens with zero attached hydrogens (tertiary/aromatic N) is 1. The van der Waals surface area contributed by atoms with E-state index in [2.05, 4.69) is 10.3 Å². The molecule has 0 aliphatic rings. The second-order valence-corrected chi connectivity index (χ2v) is 4.20. The molecule has 1 aromatic heterocycles. The van der Waals surface area contributed by atoms with Gasteiger partial charge in [-0.2, -0.15) is 13.2 Å². The zero-order valence-electron chi connectivity index (χ0n) is 9.88. The Labute approximate surface area is 102 Å². The van der Waals surface area contributed by atoms with E-state index in [-0.39, 0.29) is 11.7 Å². The first-order chi connectivity index (χ1) is 8.21. The molecule has 0 spiro atoms. The number of alkyl halides is 3. The van der Waals surface area contributed by atoms with E-state index >= 15 is 0 Å². The average Bonchev–Trinajstić information content (AvgIpc) is 2.24. The molecule has 0 radical (unpaired) electrons. The Bertz CT molecular complexity index is 444. The number of carboxylic acids is 1. The normalized spacial score (nSPS) is 11.7. The molecule has 100 valence electrons. The minimum atomic E-state index is -4.60. The van der Waals surface area contributed by atoms with Crippen LogP contribution in [0.4, 0.5) is 19.0 Å². The summed E-state index contributed by atoms with van der Waals surface area (Å²) < 4.78 is 37.3. The van der Waals surface area contributed by atoms with E-state index in [1.807, 2.05) is 13.8 Å². The number of nitrogens with one attached hydrogen (secondary N) is 1. The van der Waals surface area contributed by atoms with Gasteiger partial charge in [-0.15, -0.1) is 0 Å². The number of hydrogen-bond acceptors (Lipinski definition) is 3. The lowest BCUT2D eigenvalue weighted by Gasteiger charge is -2.13. The van der Waals surface area contributed by atoms with Gasteiger partial charge in [0.05, 0.1) is 5.56 Å². The fraction of sp³-hybridized carbons (Fsp3) is 0.455. The van der Waals surface area contributed by atoms with Crippen LogP contribution in [-0.2, 0) is 6.18 Å². The van der Waals surface area contributed by atoms with Gasteiger partial charge in [0.25, 0.3) is 0 Å². The quantitative estimate of drug-likeness (QED) is 0.875. The Hall–Kier alpha value is -1.79. The van der Waals surface area contributed by atoms with Gasteiger partial charge in [0.2, 0.25) is 0 Å². The fourth-order valence-electron chi connectivity index (χ4n) is 1.22. The fourth-order valence-corrected chi connectivity index (χ4v) is 1.22. The van der Waals surface area contributed by atoms with Crippen LogP contribution in [0, 0.1) is 5.92 Å². The van der Waals surface area contributed by atoms with E-state index in [1.54, 1.807) is 0 Å². The van der Waals surface area contributed by atoms with Gasteiger partial charge in [0, 0.05) is 12.7 Å².